The number of nitrogens with one attached hydrogen (secondary N) is 1. The second-order valence-electron chi connectivity index (χ2n) is 7.11. The molecule has 0 aromatic heterocycles. The minimum absolute atomic E-state index is 0.0467. The van der Waals surface area contributed by atoms with Crippen molar-refractivity contribution in [3.05, 3.63) is 74.8 Å². The Labute approximate surface area is 187 Å². The van der Waals surface area contributed by atoms with E-state index in [1.165, 1.54) is 12.1 Å². The number of aryl methyl sites for hydroxylation is 2. The third kappa shape index (κ3) is 4.82. The zero-order valence-electron chi connectivity index (χ0n) is 16.8. The summed E-state index contributed by atoms with van der Waals surface area (Å²) in [5.41, 5.74) is -8.62. The molecule has 0 radical (unpaired) electrons. The predicted octanol–water partition coefficient (Wildman–Crippen LogP) is 6.08. The van der Waals surface area contributed by atoms with Crippen LogP contribution in [0.4, 0.5) is 30.7 Å². The van der Waals surface area contributed by atoms with E-state index in [0.717, 1.165) is 26.0 Å². The quantitative estimate of drug-likeness (QED) is 0.227. The third-order valence-electron chi connectivity index (χ3n) is 4.78. The smallest absolute Gasteiger partial charge is 0.435 e. The summed E-state index contributed by atoms with van der Waals surface area (Å²) in [5.74, 6) is -1.73. The molecule has 0 fully saturated rings. The lowest BCUT2D eigenvalue weighted by atomic mass is 9.87. The summed E-state index contributed by atoms with van der Waals surface area (Å²) >= 11 is 5.76. The SMILES string of the molecule is Cc1cc(C(F)(C(F)(F)F)C(F)(F)F)cc(C)c1C(=N)/C=C(\[OH2+])c1ccc(Cl)c(C(=O)O)c1. The maximum Gasteiger partial charge on any atom is 0.435 e. The molecule has 0 heterocycles. The number of allylic oxidation sites excluding steroid dienone is 1. The number of benzene rings is 2. The summed E-state index contributed by atoms with van der Waals surface area (Å²) in [4.78, 5) is 11.2. The molecule has 4 nitrogen and oxygen atoms in total. The largest absolute Gasteiger partial charge is 0.593 e. The Hall–Kier alpha value is -3.08. The first-order chi connectivity index (χ1) is 14.9. The molecule has 33 heavy (non-hydrogen) atoms. The minimum Gasteiger partial charge on any atom is -0.593 e. The Morgan fingerprint density at radius 3 is 1.91 bits per heavy atom. The maximum atomic E-state index is 14.4. The van der Waals surface area contributed by atoms with Gasteiger partial charge in [0.05, 0.1) is 27.9 Å². The fraction of sp³-hybridized carbons (Fsp3) is 0.238. The van der Waals surface area contributed by atoms with E-state index in [9.17, 15) is 35.5 Å². The number of hydrogen-bond acceptors (Lipinski definition) is 2. The molecule has 0 atom stereocenters. The van der Waals surface area contributed by atoms with Gasteiger partial charge < -0.3 is 10.2 Å². The standard InChI is InChI=1S/C21H15ClF7NO3/c1-9-5-12(19(23,20(24,25)26)21(27,28)29)6-10(2)17(9)15(30)8-16(31)11-3-4-14(22)13(7-11)18(32)33/h3-8,30-31H,1-2H3,(H,32,33)/p+1/b16-8-,30-15?. The molecule has 178 valence electrons. The molecular formula is C21H16ClF7NO3+. The zero-order chi connectivity index (χ0) is 25.5. The van der Waals surface area contributed by atoms with Crippen molar-refractivity contribution in [2.45, 2.75) is 31.9 Å². The highest BCUT2D eigenvalue weighted by molar-refractivity contribution is 6.33. The van der Waals surface area contributed by atoms with Crippen molar-refractivity contribution < 1.29 is 45.7 Å². The van der Waals surface area contributed by atoms with Gasteiger partial charge >= 0.3 is 24.0 Å². The zero-order valence-corrected chi connectivity index (χ0v) is 17.6. The number of hydrogen-bond donors (Lipinski definition) is 2. The predicted molar refractivity (Wildman–Crippen MR) is 108 cm³/mol. The van der Waals surface area contributed by atoms with E-state index in [1.54, 1.807) is 0 Å². The van der Waals surface area contributed by atoms with Gasteiger partial charge in [-0.2, -0.15) is 26.3 Å². The van der Waals surface area contributed by atoms with Crippen LogP contribution in [0.2, 0.25) is 5.02 Å². The van der Waals surface area contributed by atoms with E-state index in [4.69, 9.17) is 27.2 Å². The van der Waals surface area contributed by atoms with Crippen molar-refractivity contribution in [2.75, 3.05) is 0 Å². The first-order valence-corrected chi connectivity index (χ1v) is 9.29. The molecule has 0 aliphatic carbocycles. The molecule has 2 rings (SSSR count). The Balaban J connectivity index is 2.56. The van der Waals surface area contributed by atoms with Crippen LogP contribution in [0.15, 0.2) is 36.4 Å². The molecule has 0 unspecified atom stereocenters. The van der Waals surface area contributed by atoms with E-state index in [2.05, 4.69) is 0 Å². The fourth-order valence-electron chi connectivity index (χ4n) is 3.23. The van der Waals surface area contributed by atoms with Crippen molar-refractivity contribution in [3.63, 3.8) is 0 Å². The lowest BCUT2D eigenvalue weighted by molar-refractivity contribution is -0.348. The van der Waals surface area contributed by atoms with Crippen LogP contribution in [0, 0.1) is 19.3 Å². The van der Waals surface area contributed by atoms with Crippen LogP contribution in [0.25, 0.3) is 5.76 Å². The second kappa shape index (κ2) is 8.69. The van der Waals surface area contributed by atoms with Crippen LogP contribution >= 0.6 is 11.6 Å². The molecule has 0 saturated carbocycles. The fourth-order valence-corrected chi connectivity index (χ4v) is 3.43. The molecule has 0 amide bonds. The van der Waals surface area contributed by atoms with Gasteiger partial charge in [-0.15, -0.1) is 0 Å². The highest BCUT2D eigenvalue weighted by atomic mass is 35.5. The summed E-state index contributed by atoms with van der Waals surface area (Å²) < 4.78 is 92.8. The number of carboxylic acids is 1. The summed E-state index contributed by atoms with van der Waals surface area (Å²) in [6, 6.07) is 4.31. The molecule has 2 aromatic carbocycles. The lowest BCUT2D eigenvalue weighted by Crippen LogP contribution is -2.50. The number of aromatic carboxylic acids is 1. The highest BCUT2D eigenvalue weighted by Gasteiger charge is 2.73. The Morgan fingerprint density at radius 2 is 1.48 bits per heavy atom. The summed E-state index contributed by atoms with van der Waals surface area (Å²) in [7, 11) is 0. The van der Waals surface area contributed by atoms with Crippen LogP contribution in [0.5, 0.6) is 0 Å². The van der Waals surface area contributed by atoms with Gasteiger partial charge in [0, 0.05) is 11.1 Å². The summed E-state index contributed by atoms with van der Waals surface area (Å²) in [6.07, 6.45) is -11.6. The molecule has 0 aliphatic heterocycles. The van der Waals surface area contributed by atoms with Gasteiger partial charge in [0.2, 0.25) is 0 Å². The van der Waals surface area contributed by atoms with Crippen LogP contribution < -0.4 is 0 Å². The molecule has 4 N–H and O–H groups in total. The summed E-state index contributed by atoms with van der Waals surface area (Å²) in [5, 5.41) is 25.3. The topological polar surface area (TPSA) is 84.0 Å². The monoisotopic (exact) mass is 498 g/mol. The van der Waals surface area contributed by atoms with Crippen molar-refractivity contribution in [2.24, 2.45) is 0 Å². The molecular weight excluding hydrogens is 483 g/mol. The average Bonchev–Trinajstić information content (AvgIpc) is 2.64. The number of carboxylic acid groups (broad SMARTS) is 1. The number of carbonyl (C=O) groups is 1. The van der Waals surface area contributed by atoms with Crippen LogP contribution in [0.3, 0.4) is 0 Å². The maximum absolute atomic E-state index is 14.4. The highest BCUT2D eigenvalue weighted by Crippen LogP contribution is 2.53. The Morgan fingerprint density at radius 1 is 1.00 bits per heavy atom. The molecule has 0 bridgehead atoms. The summed E-state index contributed by atoms with van der Waals surface area (Å²) in [6.45, 7) is 2.21. The molecule has 2 aromatic rings. The van der Waals surface area contributed by atoms with Gasteiger partial charge in [-0.25, -0.2) is 9.18 Å². The third-order valence-corrected chi connectivity index (χ3v) is 5.11. The molecule has 0 saturated heterocycles. The van der Waals surface area contributed by atoms with Gasteiger partial charge in [0.15, 0.2) is 0 Å². The van der Waals surface area contributed by atoms with Gasteiger partial charge in [-0.05, 0) is 43.2 Å². The first-order valence-electron chi connectivity index (χ1n) is 8.91. The number of rotatable bonds is 5. The molecule has 0 spiro atoms. The number of halogens is 8. The Bertz CT molecular complexity index is 1120. The van der Waals surface area contributed by atoms with E-state index in [1.807, 2.05) is 0 Å². The van der Waals surface area contributed by atoms with Gasteiger partial charge in [-0.1, -0.05) is 23.7 Å². The van der Waals surface area contributed by atoms with E-state index in [-0.39, 0.29) is 38.6 Å². The van der Waals surface area contributed by atoms with E-state index < -0.39 is 35.3 Å². The average molecular weight is 499 g/mol. The van der Waals surface area contributed by atoms with Crippen molar-refractivity contribution in [3.8, 4) is 0 Å². The normalized spacial score (nSPS) is 13.2. The van der Waals surface area contributed by atoms with E-state index >= 15 is 0 Å². The van der Waals surface area contributed by atoms with Gasteiger partial charge in [0.1, 0.15) is 0 Å². The molecule has 0 aliphatic rings. The van der Waals surface area contributed by atoms with E-state index in [0.29, 0.717) is 12.1 Å². The Kier molecular flexibility index (Phi) is 6.90. The minimum atomic E-state index is -6.27. The van der Waals surface area contributed by atoms with Gasteiger partial charge in [0.25, 0.3) is 5.76 Å². The molecule has 12 heteroatoms. The van der Waals surface area contributed by atoms with Crippen LogP contribution in [-0.4, -0.2) is 34.2 Å². The second-order valence-corrected chi connectivity index (χ2v) is 7.52. The number of alkyl halides is 7. The van der Waals surface area contributed by atoms with Crippen LogP contribution in [0.1, 0.15) is 38.2 Å². The van der Waals surface area contributed by atoms with Gasteiger partial charge in [-0.3, -0.25) is 5.41 Å². The van der Waals surface area contributed by atoms with Crippen molar-refractivity contribution >= 4 is 29.0 Å². The van der Waals surface area contributed by atoms with Crippen molar-refractivity contribution in [1.82, 2.24) is 0 Å². The van der Waals surface area contributed by atoms with Crippen LogP contribution in [-0.2, 0) is 5.67 Å². The lowest BCUT2D eigenvalue weighted by Gasteiger charge is -2.31. The van der Waals surface area contributed by atoms with Crippen molar-refractivity contribution in [1.29, 1.82) is 5.41 Å². The first kappa shape index (κ1) is 26.2.